The van der Waals surface area contributed by atoms with Crippen molar-refractivity contribution in [3.8, 4) is 12.0 Å². The lowest BCUT2D eigenvalue weighted by Gasteiger charge is -2.07. The van der Waals surface area contributed by atoms with Crippen LogP contribution < -0.4 is 4.74 Å². The van der Waals surface area contributed by atoms with Crippen molar-refractivity contribution in [3.05, 3.63) is 29.3 Å². The van der Waals surface area contributed by atoms with Crippen LogP contribution in [0.3, 0.4) is 0 Å². The van der Waals surface area contributed by atoms with Crippen LogP contribution >= 0.6 is 0 Å². The molecule has 0 saturated carbocycles. The van der Waals surface area contributed by atoms with Gasteiger partial charge < -0.3 is 9.47 Å². The zero-order valence-electron chi connectivity index (χ0n) is 7.70. The molecule has 0 amide bonds. The van der Waals surface area contributed by atoms with Crippen molar-refractivity contribution in [2.75, 3.05) is 7.11 Å². The SMILES string of the molecule is COCc1c(C)cccc1OC#N. The molecule has 0 spiro atoms. The Hall–Kier alpha value is -1.53. The summed E-state index contributed by atoms with van der Waals surface area (Å²) < 4.78 is 9.80. The Bertz CT molecular complexity index is 328. The van der Waals surface area contributed by atoms with Crippen LogP contribution in [0.15, 0.2) is 18.2 Å². The van der Waals surface area contributed by atoms with Crippen LogP contribution in [-0.2, 0) is 11.3 Å². The van der Waals surface area contributed by atoms with Gasteiger partial charge in [0.05, 0.1) is 6.61 Å². The summed E-state index contributed by atoms with van der Waals surface area (Å²) in [6.45, 7) is 2.42. The highest BCUT2D eigenvalue weighted by molar-refractivity contribution is 5.39. The van der Waals surface area contributed by atoms with Crippen LogP contribution in [0.1, 0.15) is 11.1 Å². The quantitative estimate of drug-likeness (QED) is 0.663. The molecule has 0 unspecified atom stereocenters. The van der Waals surface area contributed by atoms with Gasteiger partial charge in [-0.15, -0.1) is 5.26 Å². The van der Waals surface area contributed by atoms with E-state index in [2.05, 4.69) is 0 Å². The number of nitriles is 1. The molecule has 0 aliphatic carbocycles. The molecule has 0 radical (unpaired) electrons. The molecule has 68 valence electrons. The summed E-state index contributed by atoms with van der Waals surface area (Å²) in [5, 5.41) is 8.39. The molecule has 0 aromatic heterocycles. The Morgan fingerprint density at radius 3 is 2.85 bits per heavy atom. The van der Waals surface area contributed by atoms with Gasteiger partial charge in [-0.3, -0.25) is 0 Å². The van der Waals surface area contributed by atoms with Crippen LogP contribution in [0.25, 0.3) is 0 Å². The first-order valence-electron chi connectivity index (χ1n) is 3.93. The molecule has 3 heteroatoms. The van der Waals surface area contributed by atoms with Crippen LogP contribution in [0, 0.1) is 18.4 Å². The van der Waals surface area contributed by atoms with Crippen molar-refractivity contribution < 1.29 is 9.47 Å². The standard InChI is InChI=1S/C10H11NO2/c1-8-4-3-5-10(13-7-11)9(8)6-12-2/h3-5H,6H2,1-2H3. The first-order chi connectivity index (χ1) is 6.29. The molecule has 0 fully saturated rings. The van der Waals surface area contributed by atoms with Gasteiger partial charge in [0, 0.05) is 12.7 Å². The Morgan fingerprint density at radius 1 is 1.46 bits per heavy atom. The fourth-order valence-corrected chi connectivity index (χ4v) is 1.15. The van der Waals surface area contributed by atoms with Crippen molar-refractivity contribution in [1.29, 1.82) is 5.26 Å². The third-order valence-corrected chi connectivity index (χ3v) is 1.81. The van der Waals surface area contributed by atoms with Gasteiger partial charge in [-0.2, -0.15) is 0 Å². The van der Waals surface area contributed by atoms with Gasteiger partial charge >= 0.3 is 0 Å². The zero-order valence-corrected chi connectivity index (χ0v) is 7.70. The largest absolute Gasteiger partial charge is 0.388 e. The second-order valence-corrected chi connectivity index (χ2v) is 2.68. The smallest absolute Gasteiger partial charge is 0.292 e. The van der Waals surface area contributed by atoms with Crippen molar-refractivity contribution in [3.63, 3.8) is 0 Å². The van der Waals surface area contributed by atoms with Gasteiger partial charge in [0.15, 0.2) is 0 Å². The maximum absolute atomic E-state index is 8.39. The second kappa shape index (κ2) is 4.48. The second-order valence-electron chi connectivity index (χ2n) is 2.68. The van der Waals surface area contributed by atoms with Crippen LogP contribution in [0.2, 0.25) is 0 Å². The Morgan fingerprint density at radius 2 is 2.23 bits per heavy atom. The van der Waals surface area contributed by atoms with Crippen molar-refractivity contribution in [1.82, 2.24) is 0 Å². The molecule has 1 rings (SSSR count). The third-order valence-electron chi connectivity index (χ3n) is 1.81. The monoisotopic (exact) mass is 177 g/mol. The van der Waals surface area contributed by atoms with Gasteiger partial charge in [-0.05, 0) is 18.6 Å². The fraction of sp³-hybridized carbons (Fsp3) is 0.300. The van der Waals surface area contributed by atoms with E-state index in [4.69, 9.17) is 14.7 Å². The van der Waals surface area contributed by atoms with Crippen LogP contribution in [0.5, 0.6) is 5.75 Å². The minimum atomic E-state index is 0.462. The maximum Gasteiger partial charge on any atom is 0.292 e. The normalized spacial score (nSPS) is 9.31. The number of aryl methyl sites for hydroxylation is 1. The zero-order chi connectivity index (χ0) is 9.68. The summed E-state index contributed by atoms with van der Waals surface area (Å²) in [6.07, 6.45) is 1.65. The lowest BCUT2D eigenvalue weighted by atomic mass is 10.1. The highest BCUT2D eigenvalue weighted by Gasteiger charge is 2.05. The summed E-state index contributed by atoms with van der Waals surface area (Å²) >= 11 is 0. The topological polar surface area (TPSA) is 42.2 Å². The highest BCUT2D eigenvalue weighted by atomic mass is 16.5. The number of methoxy groups -OCH3 is 1. The summed E-state index contributed by atoms with van der Waals surface area (Å²) in [4.78, 5) is 0. The Balaban J connectivity index is 3.03. The summed E-state index contributed by atoms with van der Waals surface area (Å²) in [5.74, 6) is 0.573. The Labute approximate surface area is 77.5 Å². The highest BCUT2D eigenvalue weighted by Crippen LogP contribution is 2.22. The van der Waals surface area contributed by atoms with Crippen molar-refractivity contribution in [2.45, 2.75) is 13.5 Å². The van der Waals surface area contributed by atoms with E-state index in [-0.39, 0.29) is 0 Å². The number of benzene rings is 1. The van der Waals surface area contributed by atoms with Crippen molar-refractivity contribution in [2.24, 2.45) is 0 Å². The molecule has 1 aromatic rings. The predicted molar refractivity (Wildman–Crippen MR) is 48.1 cm³/mol. The third kappa shape index (κ3) is 2.20. The van der Waals surface area contributed by atoms with E-state index < -0.39 is 0 Å². The number of rotatable bonds is 3. The van der Waals surface area contributed by atoms with Crippen LogP contribution in [0.4, 0.5) is 0 Å². The molecule has 1 aromatic carbocycles. The number of hydrogen-bond donors (Lipinski definition) is 0. The molecule has 13 heavy (non-hydrogen) atoms. The lowest BCUT2D eigenvalue weighted by molar-refractivity contribution is 0.182. The van der Waals surface area contributed by atoms with Gasteiger partial charge in [0.2, 0.25) is 0 Å². The summed E-state index contributed by atoms with van der Waals surface area (Å²) in [5.41, 5.74) is 1.99. The van der Waals surface area contributed by atoms with E-state index in [1.165, 1.54) is 0 Å². The molecule has 0 bridgehead atoms. The number of ether oxygens (including phenoxy) is 2. The predicted octanol–water partition coefficient (Wildman–Crippen LogP) is 2.00. The number of hydrogen-bond acceptors (Lipinski definition) is 3. The first kappa shape index (κ1) is 9.56. The molecular formula is C10H11NO2. The molecular weight excluding hydrogens is 166 g/mol. The average Bonchev–Trinajstić information content (AvgIpc) is 2.11. The van der Waals surface area contributed by atoms with Crippen LogP contribution in [-0.4, -0.2) is 7.11 Å². The fourth-order valence-electron chi connectivity index (χ4n) is 1.15. The Kier molecular flexibility index (Phi) is 3.30. The molecule has 3 nitrogen and oxygen atoms in total. The van der Waals surface area contributed by atoms with E-state index in [1.54, 1.807) is 19.4 Å². The number of nitrogens with zero attached hydrogens (tertiary/aromatic N) is 1. The van der Waals surface area contributed by atoms with Crippen molar-refractivity contribution >= 4 is 0 Å². The molecule has 0 aliphatic rings. The first-order valence-corrected chi connectivity index (χ1v) is 3.93. The molecule has 0 saturated heterocycles. The molecule has 0 N–H and O–H groups in total. The van der Waals surface area contributed by atoms with E-state index in [1.807, 2.05) is 19.1 Å². The van der Waals surface area contributed by atoms with Gasteiger partial charge in [-0.1, -0.05) is 12.1 Å². The van der Waals surface area contributed by atoms with Gasteiger partial charge in [0.25, 0.3) is 6.26 Å². The molecule has 0 aliphatic heterocycles. The minimum Gasteiger partial charge on any atom is -0.388 e. The molecule has 0 atom stereocenters. The van der Waals surface area contributed by atoms with E-state index in [0.29, 0.717) is 12.4 Å². The summed E-state index contributed by atoms with van der Waals surface area (Å²) in [6, 6.07) is 5.56. The maximum atomic E-state index is 8.39. The van der Waals surface area contributed by atoms with E-state index >= 15 is 0 Å². The van der Waals surface area contributed by atoms with Gasteiger partial charge in [-0.25, -0.2) is 0 Å². The average molecular weight is 177 g/mol. The lowest BCUT2D eigenvalue weighted by Crippen LogP contribution is -1.96. The molecule has 0 heterocycles. The minimum absolute atomic E-state index is 0.462. The van der Waals surface area contributed by atoms with Gasteiger partial charge in [0.1, 0.15) is 5.75 Å². The summed E-state index contributed by atoms with van der Waals surface area (Å²) in [7, 11) is 1.61. The van der Waals surface area contributed by atoms with E-state index in [0.717, 1.165) is 11.1 Å². The van der Waals surface area contributed by atoms with E-state index in [9.17, 15) is 0 Å².